The Balaban J connectivity index is 3.05. The van der Waals surface area contributed by atoms with Crippen LogP contribution in [0.2, 0.25) is 19.6 Å². The maximum atomic E-state index is 2.51. The van der Waals surface area contributed by atoms with E-state index in [0.717, 1.165) is 5.92 Å². The van der Waals surface area contributed by atoms with Crippen molar-refractivity contribution in [2.24, 2.45) is 5.92 Å². The minimum absolute atomic E-state index is 0.764. The molecule has 0 saturated heterocycles. The largest absolute Gasteiger partial charge is 0.0738 e. The molecule has 0 aromatic carbocycles. The molecule has 1 aliphatic carbocycles. The molecular formula is C11H19ISi. The Morgan fingerprint density at radius 3 is 2.38 bits per heavy atom. The molecule has 0 aliphatic heterocycles. The SMILES string of the molecule is CC1=CC(I)=C([Si](C)(C)C)CC1C. The standard InChI is InChI=1S/C11H19ISi/c1-8-6-10(12)11(7-9(8)2)13(3,4)5/h6,9H,7H2,1-5H3. The minimum atomic E-state index is -1.06. The Labute approximate surface area is 96.6 Å². The third kappa shape index (κ3) is 2.69. The summed E-state index contributed by atoms with van der Waals surface area (Å²) < 4.78 is 1.52. The Kier molecular flexibility index (Phi) is 3.44. The zero-order chi connectivity index (χ0) is 10.2. The third-order valence-electron chi connectivity index (χ3n) is 2.84. The van der Waals surface area contributed by atoms with E-state index in [1.54, 1.807) is 10.8 Å². The van der Waals surface area contributed by atoms with Gasteiger partial charge in [0.05, 0.1) is 8.07 Å². The summed E-state index contributed by atoms with van der Waals surface area (Å²) in [5.41, 5.74) is 1.55. The van der Waals surface area contributed by atoms with Crippen molar-refractivity contribution in [3.05, 3.63) is 20.4 Å². The minimum Gasteiger partial charge on any atom is -0.0692 e. The molecule has 0 nitrogen and oxygen atoms in total. The van der Waals surface area contributed by atoms with E-state index >= 15 is 0 Å². The molecule has 0 bridgehead atoms. The number of halogens is 1. The van der Waals surface area contributed by atoms with Gasteiger partial charge in [-0.1, -0.05) is 43.4 Å². The monoisotopic (exact) mass is 306 g/mol. The van der Waals surface area contributed by atoms with E-state index in [-0.39, 0.29) is 0 Å². The normalized spacial score (nSPS) is 24.8. The van der Waals surface area contributed by atoms with Crippen molar-refractivity contribution < 1.29 is 0 Å². The van der Waals surface area contributed by atoms with Crippen LogP contribution in [0.15, 0.2) is 20.4 Å². The highest BCUT2D eigenvalue weighted by Crippen LogP contribution is 2.36. The van der Waals surface area contributed by atoms with Crippen molar-refractivity contribution >= 4 is 30.7 Å². The summed E-state index contributed by atoms with van der Waals surface area (Å²) >= 11 is 2.51. The average molecular weight is 306 g/mol. The van der Waals surface area contributed by atoms with Crippen LogP contribution in [0.5, 0.6) is 0 Å². The number of hydrogen-bond acceptors (Lipinski definition) is 0. The van der Waals surface area contributed by atoms with Crippen molar-refractivity contribution in [3.63, 3.8) is 0 Å². The third-order valence-corrected chi connectivity index (χ3v) is 6.59. The van der Waals surface area contributed by atoms with Crippen LogP contribution in [0, 0.1) is 5.92 Å². The van der Waals surface area contributed by atoms with Crippen LogP contribution in [0.3, 0.4) is 0 Å². The van der Waals surface area contributed by atoms with Crippen LogP contribution in [0.1, 0.15) is 20.3 Å². The summed E-state index contributed by atoms with van der Waals surface area (Å²) in [6.45, 7) is 11.9. The van der Waals surface area contributed by atoms with Gasteiger partial charge in [0.1, 0.15) is 0 Å². The highest BCUT2D eigenvalue weighted by Gasteiger charge is 2.26. The fourth-order valence-electron chi connectivity index (χ4n) is 1.66. The maximum absolute atomic E-state index is 2.51. The summed E-state index contributed by atoms with van der Waals surface area (Å²) in [6, 6.07) is 0. The molecule has 1 rings (SSSR count). The summed E-state index contributed by atoms with van der Waals surface area (Å²) in [7, 11) is -1.06. The molecule has 0 amide bonds. The molecule has 2 heteroatoms. The first-order valence-electron chi connectivity index (χ1n) is 4.89. The van der Waals surface area contributed by atoms with Crippen molar-refractivity contribution in [3.8, 4) is 0 Å². The quantitative estimate of drug-likeness (QED) is 0.493. The van der Waals surface area contributed by atoms with Gasteiger partial charge in [-0.25, -0.2) is 0 Å². The Hall–Kier alpha value is 0.427. The second-order valence-electron chi connectivity index (χ2n) is 5.07. The van der Waals surface area contributed by atoms with Crippen molar-refractivity contribution in [2.45, 2.75) is 39.9 Å². The summed E-state index contributed by atoms with van der Waals surface area (Å²) in [5, 5.41) is 1.76. The molecule has 0 spiro atoms. The maximum Gasteiger partial charge on any atom is 0.0738 e. The van der Waals surface area contributed by atoms with Gasteiger partial charge in [-0.15, -0.1) is 0 Å². The molecule has 0 aromatic rings. The van der Waals surface area contributed by atoms with Gasteiger partial charge in [-0.2, -0.15) is 0 Å². The molecule has 0 heterocycles. The van der Waals surface area contributed by atoms with E-state index in [2.05, 4.69) is 62.2 Å². The Morgan fingerprint density at radius 1 is 1.38 bits per heavy atom. The first-order valence-corrected chi connectivity index (χ1v) is 9.47. The van der Waals surface area contributed by atoms with Gasteiger partial charge in [0, 0.05) is 3.58 Å². The van der Waals surface area contributed by atoms with E-state index in [4.69, 9.17) is 0 Å². The lowest BCUT2D eigenvalue weighted by Gasteiger charge is -2.29. The summed E-state index contributed by atoms with van der Waals surface area (Å²) in [5.74, 6) is 0.764. The topological polar surface area (TPSA) is 0 Å². The molecule has 0 saturated carbocycles. The summed E-state index contributed by atoms with van der Waals surface area (Å²) in [4.78, 5) is 0. The highest BCUT2D eigenvalue weighted by atomic mass is 127. The van der Waals surface area contributed by atoms with E-state index in [1.165, 1.54) is 10.0 Å². The fourth-order valence-corrected chi connectivity index (χ4v) is 6.50. The van der Waals surface area contributed by atoms with E-state index in [1.807, 2.05) is 0 Å². The summed E-state index contributed by atoms with van der Waals surface area (Å²) in [6.07, 6.45) is 3.68. The lowest BCUT2D eigenvalue weighted by Crippen LogP contribution is -2.27. The van der Waals surface area contributed by atoms with Gasteiger partial charge in [0.2, 0.25) is 0 Å². The second kappa shape index (κ2) is 3.89. The van der Waals surface area contributed by atoms with Crippen molar-refractivity contribution in [2.75, 3.05) is 0 Å². The molecule has 0 fully saturated rings. The van der Waals surface area contributed by atoms with Crippen molar-refractivity contribution in [1.29, 1.82) is 0 Å². The molecule has 0 radical (unpaired) electrons. The predicted molar refractivity (Wildman–Crippen MR) is 71.9 cm³/mol. The van der Waals surface area contributed by atoms with Crippen LogP contribution < -0.4 is 0 Å². The van der Waals surface area contributed by atoms with Gasteiger partial charge < -0.3 is 0 Å². The van der Waals surface area contributed by atoms with Gasteiger partial charge in [0.25, 0.3) is 0 Å². The molecule has 1 unspecified atom stereocenters. The van der Waals surface area contributed by atoms with Gasteiger partial charge >= 0.3 is 0 Å². The van der Waals surface area contributed by atoms with Crippen LogP contribution >= 0.6 is 22.6 Å². The number of rotatable bonds is 1. The molecule has 0 aromatic heterocycles. The van der Waals surface area contributed by atoms with Crippen molar-refractivity contribution in [1.82, 2.24) is 0 Å². The molecule has 1 aliphatic rings. The number of hydrogen-bond donors (Lipinski definition) is 0. The van der Waals surface area contributed by atoms with Crippen LogP contribution in [0.25, 0.3) is 0 Å². The van der Waals surface area contributed by atoms with E-state index < -0.39 is 8.07 Å². The van der Waals surface area contributed by atoms with Gasteiger partial charge in [-0.3, -0.25) is 0 Å². The smallest absolute Gasteiger partial charge is 0.0692 e. The molecular weight excluding hydrogens is 287 g/mol. The molecule has 74 valence electrons. The number of allylic oxidation sites excluding steroid dienone is 4. The lowest BCUT2D eigenvalue weighted by atomic mass is 9.95. The zero-order valence-electron chi connectivity index (χ0n) is 9.24. The lowest BCUT2D eigenvalue weighted by molar-refractivity contribution is 0.675. The molecule has 0 N–H and O–H groups in total. The molecule has 1 atom stereocenters. The van der Waals surface area contributed by atoms with Crippen LogP contribution in [-0.2, 0) is 0 Å². The van der Waals surface area contributed by atoms with Gasteiger partial charge in [0.15, 0.2) is 0 Å². The highest BCUT2D eigenvalue weighted by molar-refractivity contribution is 14.1. The fraction of sp³-hybridized carbons (Fsp3) is 0.636. The van der Waals surface area contributed by atoms with Crippen LogP contribution in [-0.4, -0.2) is 8.07 Å². The van der Waals surface area contributed by atoms with Crippen LogP contribution in [0.4, 0.5) is 0 Å². The average Bonchev–Trinajstić information content (AvgIpc) is 1.94. The molecule has 13 heavy (non-hydrogen) atoms. The predicted octanol–water partition coefficient (Wildman–Crippen LogP) is 4.54. The second-order valence-corrected chi connectivity index (χ2v) is 11.3. The Morgan fingerprint density at radius 2 is 1.92 bits per heavy atom. The zero-order valence-corrected chi connectivity index (χ0v) is 12.4. The first kappa shape index (κ1) is 11.5. The van der Waals surface area contributed by atoms with E-state index in [0.29, 0.717) is 0 Å². The van der Waals surface area contributed by atoms with E-state index in [9.17, 15) is 0 Å². The van der Waals surface area contributed by atoms with Gasteiger partial charge in [-0.05, 0) is 41.9 Å². The first-order chi connectivity index (χ1) is 5.82. The Bertz CT molecular complexity index is 268.